The Morgan fingerprint density at radius 2 is 2.29 bits per heavy atom. The average Bonchev–Trinajstić information content (AvgIpc) is 2.29. The number of hydrogen-bond acceptors (Lipinski definition) is 6. The molecule has 7 nitrogen and oxygen atoms in total. The fourth-order valence-corrected chi connectivity index (χ4v) is 1.29. The van der Waals surface area contributed by atoms with Gasteiger partial charge in [0.05, 0.1) is 25.1 Å². The monoisotopic (exact) mass is 240 g/mol. The standard InChI is InChI=1S/C10H16N4O3/c1-14(5-7(15)6-17-2)10(16)8-3-13-9(11)4-12-8/h3-4,7,15H,5-6H2,1-2H3,(H2,11,13). The third kappa shape index (κ3) is 3.97. The maximum Gasteiger partial charge on any atom is 0.273 e. The van der Waals surface area contributed by atoms with Gasteiger partial charge in [0.15, 0.2) is 0 Å². The number of nitrogens with zero attached hydrogens (tertiary/aromatic N) is 3. The summed E-state index contributed by atoms with van der Waals surface area (Å²) in [5, 5.41) is 9.48. The predicted octanol–water partition coefficient (Wildman–Crippen LogP) is -0.862. The molecule has 0 fully saturated rings. The topological polar surface area (TPSA) is 102 Å². The lowest BCUT2D eigenvalue weighted by Gasteiger charge is -2.19. The highest BCUT2D eigenvalue weighted by Gasteiger charge is 2.16. The van der Waals surface area contributed by atoms with Crippen molar-refractivity contribution in [1.29, 1.82) is 0 Å². The third-order valence-corrected chi connectivity index (χ3v) is 2.08. The largest absolute Gasteiger partial charge is 0.389 e. The molecule has 94 valence electrons. The van der Waals surface area contributed by atoms with Crippen LogP contribution in [0.5, 0.6) is 0 Å². The van der Waals surface area contributed by atoms with Gasteiger partial charge in [-0.15, -0.1) is 0 Å². The number of methoxy groups -OCH3 is 1. The van der Waals surface area contributed by atoms with Crippen molar-refractivity contribution >= 4 is 11.7 Å². The van der Waals surface area contributed by atoms with E-state index in [0.717, 1.165) is 0 Å². The molecule has 3 N–H and O–H groups in total. The molecule has 1 atom stereocenters. The number of hydrogen-bond donors (Lipinski definition) is 2. The molecule has 1 unspecified atom stereocenters. The van der Waals surface area contributed by atoms with E-state index in [1.807, 2.05) is 0 Å². The highest BCUT2D eigenvalue weighted by atomic mass is 16.5. The summed E-state index contributed by atoms with van der Waals surface area (Å²) in [5.41, 5.74) is 5.55. The van der Waals surface area contributed by atoms with Crippen molar-refractivity contribution < 1.29 is 14.6 Å². The van der Waals surface area contributed by atoms with Crippen molar-refractivity contribution in [2.45, 2.75) is 6.10 Å². The lowest BCUT2D eigenvalue weighted by atomic mass is 10.3. The molecule has 0 aliphatic rings. The molecule has 1 aromatic heterocycles. The van der Waals surface area contributed by atoms with Crippen LogP contribution in [-0.4, -0.2) is 59.3 Å². The van der Waals surface area contributed by atoms with Crippen LogP contribution in [0.3, 0.4) is 0 Å². The molecular weight excluding hydrogens is 224 g/mol. The normalized spacial score (nSPS) is 12.2. The number of nitrogens with two attached hydrogens (primary N) is 1. The first-order chi connectivity index (χ1) is 8.04. The van der Waals surface area contributed by atoms with Crippen LogP contribution in [-0.2, 0) is 4.74 Å². The van der Waals surface area contributed by atoms with Crippen molar-refractivity contribution in [2.24, 2.45) is 0 Å². The van der Waals surface area contributed by atoms with Gasteiger partial charge in [0, 0.05) is 20.7 Å². The quantitative estimate of drug-likeness (QED) is 0.694. The lowest BCUT2D eigenvalue weighted by molar-refractivity contribution is 0.0377. The second-order valence-electron chi connectivity index (χ2n) is 3.62. The van der Waals surface area contributed by atoms with Crippen molar-refractivity contribution in [3.8, 4) is 0 Å². The fourth-order valence-electron chi connectivity index (χ4n) is 1.29. The molecule has 17 heavy (non-hydrogen) atoms. The molecular formula is C10H16N4O3. The lowest BCUT2D eigenvalue weighted by Crippen LogP contribution is -2.36. The minimum Gasteiger partial charge on any atom is -0.389 e. The molecule has 7 heteroatoms. The van der Waals surface area contributed by atoms with Gasteiger partial charge >= 0.3 is 0 Å². The van der Waals surface area contributed by atoms with Crippen LogP contribution in [0.1, 0.15) is 10.5 Å². The molecule has 1 aromatic rings. The Morgan fingerprint density at radius 3 is 2.82 bits per heavy atom. The fraction of sp³-hybridized carbons (Fsp3) is 0.500. The SMILES string of the molecule is COCC(O)CN(C)C(=O)c1cnc(N)cn1. The summed E-state index contributed by atoms with van der Waals surface area (Å²) in [6, 6.07) is 0. The predicted molar refractivity (Wildman–Crippen MR) is 61.3 cm³/mol. The van der Waals surface area contributed by atoms with E-state index in [4.69, 9.17) is 10.5 Å². The van der Waals surface area contributed by atoms with Gasteiger partial charge in [-0.3, -0.25) is 4.79 Å². The van der Waals surface area contributed by atoms with E-state index in [0.29, 0.717) is 0 Å². The number of likely N-dealkylation sites (N-methyl/N-ethyl adjacent to an activating group) is 1. The highest BCUT2D eigenvalue weighted by Crippen LogP contribution is 2.01. The molecule has 0 spiro atoms. The summed E-state index contributed by atoms with van der Waals surface area (Å²) < 4.78 is 4.77. The summed E-state index contributed by atoms with van der Waals surface area (Å²) in [6.45, 7) is 0.337. The first-order valence-electron chi connectivity index (χ1n) is 5.04. The first kappa shape index (κ1) is 13.3. The molecule has 0 saturated heterocycles. The maximum atomic E-state index is 11.8. The second kappa shape index (κ2) is 6.12. The van der Waals surface area contributed by atoms with E-state index in [9.17, 15) is 9.90 Å². The molecule has 0 saturated carbocycles. The van der Waals surface area contributed by atoms with Crippen molar-refractivity contribution in [3.63, 3.8) is 0 Å². The van der Waals surface area contributed by atoms with Crippen molar-refractivity contribution in [1.82, 2.24) is 14.9 Å². The van der Waals surface area contributed by atoms with E-state index < -0.39 is 6.10 Å². The summed E-state index contributed by atoms with van der Waals surface area (Å²) in [5.74, 6) is -0.0729. The zero-order valence-electron chi connectivity index (χ0n) is 9.83. The summed E-state index contributed by atoms with van der Waals surface area (Å²) >= 11 is 0. The van der Waals surface area contributed by atoms with Crippen LogP contribution in [0.2, 0.25) is 0 Å². The van der Waals surface area contributed by atoms with Crippen LogP contribution in [0, 0.1) is 0 Å². The molecule has 1 heterocycles. The Balaban J connectivity index is 2.60. The number of nitrogen functional groups attached to an aromatic ring is 1. The Hall–Kier alpha value is -1.73. The molecule has 1 amide bonds. The van der Waals surface area contributed by atoms with E-state index in [1.165, 1.54) is 24.4 Å². The summed E-state index contributed by atoms with van der Waals surface area (Å²) in [7, 11) is 3.05. The number of ether oxygens (including phenoxy) is 1. The van der Waals surface area contributed by atoms with Crippen molar-refractivity contribution in [3.05, 3.63) is 18.1 Å². The zero-order chi connectivity index (χ0) is 12.8. The van der Waals surface area contributed by atoms with E-state index in [1.54, 1.807) is 7.05 Å². The molecule has 0 radical (unpaired) electrons. The van der Waals surface area contributed by atoms with Gasteiger partial charge in [-0.05, 0) is 0 Å². The number of anilines is 1. The van der Waals surface area contributed by atoms with Gasteiger partial charge in [-0.1, -0.05) is 0 Å². The summed E-state index contributed by atoms with van der Waals surface area (Å²) in [6.07, 6.45) is 1.89. The Labute approximate surface area is 99.2 Å². The molecule has 0 aliphatic heterocycles. The number of aliphatic hydroxyl groups is 1. The van der Waals surface area contributed by atoms with E-state index in [-0.39, 0.29) is 30.6 Å². The van der Waals surface area contributed by atoms with Crippen LogP contribution < -0.4 is 5.73 Å². The van der Waals surface area contributed by atoms with Crippen LogP contribution in [0.4, 0.5) is 5.82 Å². The number of amides is 1. The smallest absolute Gasteiger partial charge is 0.273 e. The average molecular weight is 240 g/mol. The third-order valence-electron chi connectivity index (χ3n) is 2.08. The minimum absolute atomic E-state index is 0.165. The van der Waals surface area contributed by atoms with Gasteiger partial charge < -0.3 is 20.5 Å². The van der Waals surface area contributed by atoms with Crippen molar-refractivity contribution in [2.75, 3.05) is 33.0 Å². The van der Waals surface area contributed by atoms with Crippen LogP contribution in [0.15, 0.2) is 12.4 Å². The number of aliphatic hydroxyl groups excluding tert-OH is 1. The van der Waals surface area contributed by atoms with Crippen LogP contribution in [0.25, 0.3) is 0 Å². The highest BCUT2D eigenvalue weighted by molar-refractivity contribution is 5.91. The molecule has 0 aromatic carbocycles. The molecule has 0 aliphatic carbocycles. The first-order valence-corrected chi connectivity index (χ1v) is 5.04. The Kier molecular flexibility index (Phi) is 4.80. The van der Waals surface area contributed by atoms with Crippen LogP contribution >= 0.6 is 0 Å². The molecule has 1 rings (SSSR count). The van der Waals surface area contributed by atoms with E-state index in [2.05, 4.69) is 9.97 Å². The maximum absolute atomic E-state index is 11.8. The number of carbonyl (C=O) groups excluding carboxylic acids is 1. The van der Waals surface area contributed by atoms with Gasteiger partial charge in [0.2, 0.25) is 0 Å². The number of rotatable bonds is 5. The number of aromatic nitrogens is 2. The van der Waals surface area contributed by atoms with Gasteiger partial charge in [-0.25, -0.2) is 9.97 Å². The van der Waals surface area contributed by atoms with Gasteiger partial charge in [-0.2, -0.15) is 0 Å². The van der Waals surface area contributed by atoms with E-state index >= 15 is 0 Å². The van der Waals surface area contributed by atoms with Gasteiger partial charge in [0.1, 0.15) is 11.5 Å². The van der Waals surface area contributed by atoms with Gasteiger partial charge in [0.25, 0.3) is 5.91 Å². The zero-order valence-corrected chi connectivity index (χ0v) is 9.83. The Morgan fingerprint density at radius 1 is 1.59 bits per heavy atom. The summed E-state index contributed by atoms with van der Waals surface area (Å²) in [4.78, 5) is 20.8. The second-order valence-corrected chi connectivity index (χ2v) is 3.62. The number of carbonyl (C=O) groups is 1. The molecule has 0 bridgehead atoms. The Bertz CT molecular complexity index is 368. The minimum atomic E-state index is -0.726.